The highest BCUT2D eigenvalue weighted by Gasteiger charge is 2.26. The van der Waals surface area contributed by atoms with E-state index in [0.717, 1.165) is 6.42 Å². The van der Waals surface area contributed by atoms with Crippen LogP contribution in [0.1, 0.15) is 61.3 Å². The van der Waals surface area contributed by atoms with Crippen LogP contribution in [0.4, 0.5) is 0 Å². The van der Waals surface area contributed by atoms with Gasteiger partial charge in [0.2, 0.25) is 0 Å². The first kappa shape index (κ1) is 14.5. The van der Waals surface area contributed by atoms with Crippen molar-refractivity contribution in [1.82, 2.24) is 0 Å². The average molecular weight is 214 g/mol. The Hall–Kier alpha value is -0.530. The van der Waals surface area contributed by atoms with E-state index in [-0.39, 0.29) is 17.0 Å². The Morgan fingerprint density at radius 1 is 1.13 bits per heavy atom. The minimum absolute atomic E-state index is 0.0382. The van der Waals surface area contributed by atoms with E-state index in [1.165, 1.54) is 0 Å². The number of ether oxygens (including phenoxy) is 1. The van der Waals surface area contributed by atoms with Crippen molar-refractivity contribution in [1.29, 1.82) is 0 Å². The molecule has 0 spiro atoms. The van der Waals surface area contributed by atoms with Crippen LogP contribution in [-0.2, 0) is 9.53 Å². The summed E-state index contributed by atoms with van der Waals surface area (Å²) in [7, 11) is 0. The molecule has 0 heterocycles. The van der Waals surface area contributed by atoms with E-state index in [9.17, 15) is 4.79 Å². The molecule has 0 bridgehead atoms. The molecule has 0 aliphatic heterocycles. The maximum atomic E-state index is 11.6. The molecule has 0 saturated carbocycles. The van der Waals surface area contributed by atoms with Crippen molar-refractivity contribution in [2.75, 3.05) is 0 Å². The lowest BCUT2D eigenvalue weighted by Crippen LogP contribution is -2.28. The third-order valence-corrected chi connectivity index (χ3v) is 2.00. The number of hydrogen-bond donors (Lipinski definition) is 0. The van der Waals surface area contributed by atoms with Crippen LogP contribution in [0, 0.1) is 11.3 Å². The molecule has 0 aliphatic carbocycles. The van der Waals surface area contributed by atoms with Crippen molar-refractivity contribution >= 4 is 5.97 Å². The van der Waals surface area contributed by atoms with E-state index < -0.39 is 0 Å². The predicted molar refractivity (Wildman–Crippen MR) is 63.7 cm³/mol. The lowest BCUT2D eigenvalue weighted by molar-refractivity contribution is -0.157. The third-order valence-electron chi connectivity index (χ3n) is 2.00. The van der Waals surface area contributed by atoms with Crippen molar-refractivity contribution in [2.45, 2.75) is 66.9 Å². The van der Waals surface area contributed by atoms with Crippen LogP contribution < -0.4 is 0 Å². The molecule has 0 fully saturated rings. The van der Waals surface area contributed by atoms with Crippen LogP contribution in [0.2, 0.25) is 0 Å². The molecule has 0 radical (unpaired) electrons. The van der Waals surface area contributed by atoms with Gasteiger partial charge in [-0.1, -0.05) is 27.7 Å². The highest BCUT2D eigenvalue weighted by molar-refractivity contribution is 5.70. The summed E-state index contributed by atoms with van der Waals surface area (Å²) in [5.41, 5.74) is -0.332. The molecule has 0 unspecified atom stereocenters. The van der Waals surface area contributed by atoms with Gasteiger partial charge >= 0.3 is 5.97 Å². The molecule has 0 saturated heterocycles. The molecular formula is C13H26O2. The van der Waals surface area contributed by atoms with Gasteiger partial charge in [0.05, 0.1) is 6.42 Å². The molecular weight excluding hydrogens is 188 g/mol. The first-order valence-electron chi connectivity index (χ1n) is 5.74. The van der Waals surface area contributed by atoms with E-state index in [4.69, 9.17) is 4.74 Å². The van der Waals surface area contributed by atoms with Gasteiger partial charge < -0.3 is 4.74 Å². The zero-order valence-corrected chi connectivity index (χ0v) is 11.3. The highest BCUT2D eigenvalue weighted by Crippen LogP contribution is 2.30. The summed E-state index contributed by atoms with van der Waals surface area (Å²) in [6.07, 6.45) is 1.55. The molecule has 0 atom stereocenters. The van der Waals surface area contributed by atoms with Crippen LogP contribution in [0.15, 0.2) is 0 Å². The second-order valence-corrected chi connectivity index (χ2v) is 6.53. The Bertz CT molecular complexity index is 209. The van der Waals surface area contributed by atoms with E-state index in [1.807, 2.05) is 20.8 Å². The zero-order valence-electron chi connectivity index (χ0n) is 11.3. The van der Waals surface area contributed by atoms with Gasteiger partial charge in [0.25, 0.3) is 0 Å². The normalized spacial score (nSPS) is 13.1. The van der Waals surface area contributed by atoms with Gasteiger partial charge in [-0.15, -0.1) is 0 Å². The molecule has 0 aromatic heterocycles. The summed E-state index contributed by atoms with van der Waals surface area (Å²) in [6, 6.07) is 0. The standard InChI is InChI=1S/C13H26O2/c1-10(2)8-13(6,7)9-11(14)15-12(3,4)5/h10H,8-9H2,1-7H3. The summed E-state index contributed by atoms with van der Waals surface area (Å²) >= 11 is 0. The second-order valence-electron chi connectivity index (χ2n) is 6.53. The minimum atomic E-state index is -0.370. The fourth-order valence-corrected chi connectivity index (χ4v) is 1.95. The molecule has 90 valence electrons. The average Bonchev–Trinajstić information content (AvgIpc) is 1.73. The van der Waals surface area contributed by atoms with Gasteiger partial charge in [0.1, 0.15) is 5.60 Å². The van der Waals surface area contributed by atoms with Gasteiger partial charge in [-0.25, -0.2) is 0 Å². The number of carbonyl (C=O) groups is 1. The fourth-order valence-electron chi connectivity index (χ4n) is 1.95. The fraction of sp³-hybridized carbons (Fsp3) is 0.923. The Morgan fingerprint density at radius 2 is 1.60 bits per heavy atom. The van der Waals surface area contributed by atoms with Crippen LogP contribution in [-0.4, -0.2) is 11.6 Å². The van der Waals surface area contributed by atoms with Crippen molar-refractivity contribution in [3.8, 4) is 0 Å². The summed E-state index contributed by atoms with van der Waals surface area (Å²) in [6.45, 7) is 14.3. The number of carbonyl (C=O) groups excluding carboxylic acids is 1. The zero-order chi connectivity index (χ0) is 12.3. The molecule has 0 aliphatic rings. The van der Waals surface area contributed by atoms with Gasteiger partial charge in [-0.3, -0.25) is 4.79 Å². The molecule has 0 rings (SSSR count). The monoisotopic (exact) mass is 214 g/mol. The third kappa shape index (κ3) is 8.46. The second kappa shape index (κ2) is 5.00. The maximum Gasteiger partial charge on any atom is 0.306 e. The van der Waals surface area contributed by atoms with Crippen LogP contribution in [0.3, 0.4) is 0 Å². The quantitative estimate of drug-likeness (QED) is 0.665. The molecule has 0 aromatic carbocycles. The Balaban J connectivity index is 4.16. The maximum absolute atomic E-state index is 11.6. The van der Waals surface area contributed by atoms with Crippen LogP contribution in [0.25, 0.3) is 0 Å². The molecule has 0 amide bonds. The molecule has 0 N–H and O–H groups in total. The number of rotatable bonds is 4. The minimum Gasteiger partial charge on any atom is -0.460 e. The SMILES string of the molecule is CC(C)CC(C)(C)CC(=O)OC(C)(C)C. The van der Waals surface area contributed by atoms with E-state index in [1.54, 1.807) is 0 Å². The van der Waals surface area contributed by atoms with Crippen molar-refractivity contribution in [2.24, 2.45) is 11.3 Å². The van der Waals surface area contributed by atoms with Crippen LogP contribution >= 0.6 is 0 Å². The highest BCUT2D eigenvalue weighted by atomic mass is 16.6. The number of esters is 1. The van der Waals surface area contributed by atoms with Gasteiger partial charge in [0, 0.05) is 0 Å². The first-order chi connectivity index (χ1) is 6.52. The predicted octanol–water partition coefficient (Wildman–Crippen LogP) is 3.79. The van der Waals surface area contributed by atoms with Crippen LogP contribution in [0.5, 0.6) is 0 Å². The Morgan fingerprint density at radius 3 is 1.93 bits per heavy atom. The number of hydrogen-bond acceptors (Lipinski definition) is 2. The lowest BCUT2D eigenvalue weighted by atomic mass is 9.81. The van der Waals surface area contributed by atoms with Crippen molar-refractivity contribution < 1.29 is 9.53 Å². The van der Waals surface area contributed by atoms with Gasteiger partial charge in [-0.2, -0.15) is 0 Å². The molecule has 15 heavy (non-hydrogen) atoms. The molecule has 2 heteroatoms. The van der Waals surface area contributed by atoms with E-state index in [2.05, 4.69) is 27.7 Å². The first-order valence-corrected chi connectivity index (χ1v) is 5.74. The largest absolute Gasteiger partial charge is 0.460 e. The van der Waals surface area contributed by atoms with Crippen molar-refractivity contribution in [3.63, 3.8) is 0 Å². The molecule has 0 aromatic rings. The lowest BCUT2D eigenvalue weighted by Gasteiger charge is -2.28. The van der Waals surface area contributed by atoms with E-state index in [0.29, 0.717) is 12.3 Å². The van der Waals surface area contributed by atoms with Gasteiger partial charge in [-0.05, 0) is 38.5 Å². The summed E-state index contributed by atoms with van der Waals surface area (Å²) in [5.74, 6) is 0.524. The van der Waals surface area contributed by atoms with Gasteiger partial charge in [0.15, 0.2) is 0 Å². The topological polar surface area (TPSA) is 26.3 Å². The Kier molecular flexibility index (Phi) is 4.82. The van der Waals surface area contributed by atoms with E-state index >= 15 is 0 Å². The summed E-state index contributed by atoms with van der Waals surface area (Å²) < 4.78 is 5.32. The van der Waals surface area contributed by atoms with Crippen molar-refractivity contribution in [3.05, 3.63) is 0 Å². The Labute approximate surface area is 94.4 Å². The summed E-state index contributed by atoms with van der Waals surface area (Å²) in [5, 5.41) is 0. The smallest absolute Gasteiger partial charge is 0.306 e. The summed E-state index contributed by atoms with van der Waals surface area (Å²) in [4.78, 5) is 11.6. The molecule has 2 nitrogen and oxygen atoms in total.